The van der Waals surface area contributed by atoms with Gasteiger partial charge in [-0.25, -0.2) is 0 Å². The van der Waals surface area contributed by atoms with Gasteiger partial charge in [0.15, 0.2) is 5.17 Å². The van der Waals surface area contributed by atoms with Gasteiger partial charge in [0.2, 0.25) is 0 Å². The lowest BCUT2D eigenvalue weighted by molar-refractivity contribution is 0.474. The fourth-order valence-electron chi connectivity index (χ4n) is 1.15. The Hall–Kier alpha value is 0.550. The third-order valence-electron chi connectivity index (χ3n) is 1.91. The van der Waals surface area contributed by atoms with Gasteiger partial charge in [0.05, 0.1) is 6.54 Å². The van der Waals surface area contributed by atoms with Crippen molar-refractivity contribution in [1.29, 1.82) is 0 Å². The fourth-order valence-corrected chi connectivity index (χ4v) is 3.04. The zero-order valence-electron chi connectivity index (χ0n) is 7.59. The fraction of sp³-hybridized carbons (Fsp3) is 0.875. The van der Waals surface area contributed by atoms with E-state index in [2.05, 4.69) is 46.3 Å². The molecule has 0 N–H and O–H groups in total. The van der Waals surface area contributed by atoms with E-state index in [-0.39, 0.29) is 0 Å². The van der Waals surface area contributed by atoms with Crippen molar-refractivity contribution < 1.29 is 0 Å². The highest BCUT2D eigenvalue weighted by Crippen LogP contribution is 2.24. The molecule has 70 valence electrons. The van der Waals surface area contributed by atoms with E-state index in [1.54, 1.807) is 0 Å². The number of halogens is 1. The SMILES string of the molecule is CCN(CC)C1=NC[C@@H](CI)S1. The molecule has 0 saturated carbocycles. The molecule has 1 heterocycles. The summed E-state index contributed by atoms with van der Waals surface area (Å²) >= 11 is 4.37. The molecule has 0 aliphatic carbocycles. The number of thioether (sulfide) groups is 1. The molecule has 1 rings (SSSR count). The van der Waals surface area contributed by atoms with Gasteiger partial charge in [-0.05, 0) is 13.8 Å². The Morgan fingerprint density at radius 1 is 1.58 bits per heavy atom. The van der Waals surface area contributed by atoms with E-state index in [4.69, 9.17) is 0 Å². The van der Waals surface area contributed by atoms with Crippen molar-refractivity contribution in [1.82, 2.24) is 4.90 Å². The van der Waals surface area contributed by atoms with Gasteiger partial charge < -0.3 is 4.90 Å². The number of amidine groups is 1. The summed E-state index contributed by atoms with van der Waals surface area (Å²) in [5.41, 5.74) is 0. The largest absolute Gasteiger partial charge is 0.352 e. The van der Waals surface area contributed by atoms with Gasteiger partial charge >= 0.3 is 0 Å². The van der Waals surface area contributed by atoms with Gasteiger partial charge in [-0.3, -0.25) is 4.99 Å². The van der Waals surface area contributed by atoms with Crippen LogP contribution in [0.25, 0.3) is 0 Å². The van der Waals surface area contributed by atoms with Crippen LogP contribution >= 0.6 is 34.4 Å². The minimum absolute atomic E-state index is 0.723. The van der Waals surface area contributed by atoms with Gasteiger partial charge in [0, 0.05) is 22.8 Å². The smallest absolute Gasteiger partial charge is 0.159 e. The van der Waals surface area contributed by atoms with Gasteiger partial charge in [-0.2, -0.15) is 0 Å². The van der Waals surface area contributed by atoms with Gasteiger partial charge in [0.25, 0.3) is 0 Å². The molecule has 0 amide bonds. The number of alkyl halides is 1. The second-order valence-corrected chi connectivity index (χ2v) is 4.84. The van der Waals surface area contributed by atoms with E-state index in [0.717, 1.165) is 24.9 Å². The Morgan fingerprint density at radius 3 is 2.67 bits per heavy atom. The van der Waals surface area contributed by atoms with Crippen LogP contribution in [0.3, 0.4) is 0 Å². The van der Waals surface area contributed by atoms with Crippen LogP contribution in [-0.4, -0.2) is 39.4 Å². The number of rotatable bonds is 3. The highest BCUT2D eigenvalue weighted by atomic mass is 127. The average Bonchev–Trinajstić information content (AvgIpc) is 2.55. The first-order chi connectivity index (χ1) is 5.81. The quantitative estimate of drug-likeness (QED) is 0.586. The summed E-state index contributed by atoms with van der Waals surface area (Å²) in [5.74, 6) is 0. The van der Waals surface area contributed by atoms with E-state index in [0.29, 0.717) is 0 Å². The molecule has 1 aliphatic rings. The lowest BCUT2D eigenvalue weighted by Gasteiger charge is -2.19. The van der Waals surface area contributed by atoms with E-state index in [9.17, 15) is 0 Å². The Morgan fingerprint density at radius 2 is 2.25 bits per heavy atom. The first-order valence-electron chi connectivity index (χ1n) is 4.33. The van der Waals surface area contributed by atoms with Gasteiger partial charge in [-0.15, -0.1) is 0 Å². The molecule has 0 aromatic heterocycles. The van der Waals surface area contributed by atoms with Crippen molar-refractivity contribution in [3.63, 3.8) is 0 Å². The van der Waals surface area contributed by atoms with Crippen LogP contribution in [0.15, 0.2) is 4.99 Å². The predicted molar refractivity (Wildman–Crippen MR) is 65.5 cm³/mol. The summed E-state index contributed by atoms with van der Waals surface area (Å²) < 4.78 is 1.21. The monoisotopic (exact) mass is 298 g/mol. The van der Waals surface area contributed by atoms with Gasteiger partial charge in [0.1, 0.15) is 0 Å². The van der Waals surface area contributed by atoms with Crippen LogP contribution in [-0.2, 0) is 0 Å². The third kappa shape index (κ3) is 2.52. The highest BCUT2D eigenvalue weighted by Gasteiger charge is 2.21. The molecule has 1 aliphatic heterocycles. The molecule has 0 saturated heterocycles. The second-order valence-electron chi connectivity index (χ2n) is 2.69. The number of hydrogen-bond donors (Lipinski definition) is 0. The summed E-state index contributed by atoms with van der Waals surface area (Å²) in [5, 5.41) is 1.97. The molecule has 2 nitrogen and oxygen atoms in total. The first-order valence-corrected chi connectivity index (χ1v) is 6.74. The van der Waals surface area contributed by atoms with Gasteiger partial charge in [-0.1, -0.05) is 34.4 Å². The molecular formula is C8H15IN2S. The zero-order valence-corrected chi connectivity index (χ0v) is 10.6. The van der Waals surface area contributed by atoms with Crippen LogP contribution < -0.4 is 0 Å². The number of nitrogens with zero attached hydrogens (tertiary/aromatic N) is 2. The van der Waals surface area contributed by atoms with Crippen molar-refractivity contribution >= 4 is 39.5 Å². The average molecular weight is 298 g/mol. The molecule has 0 aromatic rings. The zero-order chi connectivity index (χ0) is 8.97. The molecule has 1 atom stereocenters. The molecule has 12 heavy (non-hydrogen) atoms. The molecule has 0 radical (unpaired) electrons. The topological polar surface area (TPSA) is 15.6 Å². The van der Waals surface area contributed by atoms with E-state index < -0.39 is 0 Å². The normalized spacial score (nSPS) is 22.6. The Balaban J connectivity index is 2.43. The molecular weight excluding hydrogens is 283 g/mol. The molecule has 0 aromatic carbocycles. The summed E-state index contributed by atoms with van der Waals surface area (Å²) in [6.07, 6.45) is 0. The first kappa shape index (κ1) is 10.6. The molecule has 0 unspecified atom stereocenters. The van der Waals surface area contributed by atoms with E-state index >= 15 is 0 Å². The molecule has 0 bridgehead atoms. The van der Waals surface area contributed by atoms with Crippen LogP contribution in [0.4, 0.5) is 0 Å². The Kier molecular flexibility index (Phi) is 4.71. The van der Waals surface area contributed by atoms with E-state index in [1.165, 1.54) is 9.60 Å². The van der Waals surface area contributed by atoms with Crippen LogP contribution in [0.2, 0.25) is 0 Å². The Labute approximate surface area is 92.3 Å². The number of hydrogen-bond acceptors (Lipinski definition) is 3. The summed E-state index contributed by atoms with van der Waals surface area (Å²) in [7, 11) is 0. The summed E-state index contributed by atoms with van der Waals surface area (Å²) in [6.45, 7) is 7.54. The maximum absolute atomic E-state index is 4.53. The lowest BCUT2D eigenvalue weighted by Crippen LogP contribution is -2.27. The predicted octanol–water partition coefficient (Wildman–Crippen LogP) is 2.23. The minimum atomic E-state index is 0.723. The highest BCUT2D eigenvalue weighted by molar-refractivity contribution is 14.1. The lowest BCUT2D eigenvalue weighted by atomic mass is 10.5. The van der Waals surface area contributed by atoms with Crippen molar-refractivity contribution in [2.45, 2.75) is 19.1 Å². The number of aliphatic imine (C=N–C) groups is 1. The van der Waals surface area contributed by atoms with Crippen LogP contribution in [0.5, 0.6) is 0 Å². The van der Waals surface area contributed by atoms with Crippen LogP contribution in [0.1, 0.15) is 13.8 Å². The standard InChI is InChI=1S/C8H15IN2S/c1-3-11(4-2)8-10-6-7(5-9)12-8/h7H,3-6H2,1-2H3/t7-/m1/s1. The van der Waals surface area contributed by atoms with Crippen molar-refractivity contribution in [2.24, 2.45) is 4.99 Å². The molecule has 0 spiro atoms. The maximum Gasteiger partial charge on any atom is 0.159 e. The van der Waals surface area contributed by atoms with E-state index in [1.807, 2.05) is 11.8 Å². The van der Waals surface area contributed by atoms with Crippen molar-refractivity contribution in [3.05, 3.63) is 0 Å². The second kappa shape index (κ2) is 5.32. The Bertz CT molecular complexity index is 168. The minimum Gasteiger partial charge on any atom is -0.352 e. The third-order valence-corrected chi connectivity index (χ3v) is 4.82. The molecule has 4 heteroatoms. The van der Waals surface area contributed by atoms with Crippen LogP contribution in [0, 0.1) is 0 Å². The molecule has 0 fully saturated rings. The summed E-state index contributed by atoms with van der Waals surface area (Å²) in [4.78, 5) is 6.86. The maximum atomic E-state index is 4.53. The summed E-state index contributed by atoms with van der Waals surface area (Å²) in [6, 6.07) is 0. The van der Waals surface area contributed by atoms with Crippen molar-refractivity contribution in [2.75, 3.05) is 24.1 Å². The van der Waals surface area contributed by atoms with Crippen molar-refractivity contribution in [3.8, 4) is 0 Å².